The number of aryl methyl sites for hydroxylation is 1. The molecule has 0 aliphatic carbocycles. The molecule has 0 spiro atoms. The van der Waals surface area contributed by atoms with Gasteiger partial charge in [-0.2, -0.15) is 0 Å². The van der Waals surface area contributed by atoms with Crippen LogP contribution in [0.4, 0.5) is 34.1 Å². The van der Waals surface area contributed by atoms with E-state index in [0.717, 1.165) is 51.8 Å². The van der Waals surface area contributed by atoms with Gasteiger partial charge in [-0.25, -0.2) is 0 Å². The van der Waals surface area contributed by atoms with Crippen LogP contribution in [0.15, 0.2) is 200 Å². The second kappa shape index (κ2) is 19.4. The minimum atomic E-state index is -0.114. The maximum absolute atomic E-state index is 6.61. The molecule has 11 aromatic rings. The molecule has 0 N–H and O–H groups in total. The van der Waals surface area contributed by atoms with E-state index in [2.05, 4.69) is 279 Å². The summed E-state index contributed by atoms with van der Waals surface area (Å²) < 4.78 is 15.7. The molecule has 4 nitrogen and oxygen atoms in total. The van der Waals surface area contributed by atoms with Gasteiger partial charge in [0.05, 0.1) is 18.9 Å². The number of anilines is 6. The predicted molar refractivity (Wildman–Crippen MR) is 352 cm³/mol. The largest absolute Gasteiger partial charge is 0.490 e. The molecule has 0 radical (unpaired) electrons. The Morgan fingerprint density at radius 1 is 0.390 bits per heavy atom. The molecule has 0 saturated heterocycles. The molecular weight excluding hydrogens is 1020 g/mol. The fourth-order valence-electron chi connectivity index (χ4n) is 12.9. The minimum Gasteiger partial charge on any atom is -0.490 e. The van der Waals surface area contributed by atoms with Gasteiger partial charge >= 0.3 is 0 Å². The molecule has 1 aromatic heterocycles. The van der Waals surface area contributed by atoms with E-state index in [-0.39, 0.29) is 23.0 Å². The Bertz CT molecular complexity index is 4250. The minimum absolute atomic E-state index is 0.0301. The number of fused-ring (bicyclic) bond motifs is 8. The molecule has 10 aromatic carbocycles. The standard InChI is InChI=1S/C76H69BN2O2S/c1-47-37-67-73-68(38-47)79(66-46-70-69(80-35-16-36-81-70)45-61(66)50-17-12-11-13-18-50)65-34-31-57(76(8,9)10)44-63(65)77(73)62-42-51(52-25-32-60-59-19-14-15-20-71(59)82-72(60)43-52)26-33-64(62)78(67)58-40-53(48-21-27-55(28-22-48)74(2,3)4)39-54(41-58)49-23-29-56(30-24-49)75(5,6)7/h11-15,17-34,37-46H,16,35-36H2,1-10H3. The summed E-state index contributed by atoms with van der Waals surface area (Å²) in [5.74, 6) is 1.55. The van der Waals surface area contributed by atoms with Gasteiger partial charge in [0, 0.05) is 66.7 Å². The molecule has 3 aliphatic heterocycles. The van der Waals surface area contributed by atoms with Crippen molar-refractivity contribution in [1.29, 1.82) is 0 Å². The first-order chi connectivity index (χ1) is 39.4. The highest BCUT2D eigenvalue weighted by Crippen LogP contribution is 2.51. The number of nitrogens with zero attached hydrogens (tertiary/aromatic N) is 2. The van der Waals surface area contributed by atoms with Crippen molar-refractivity contribution < 1.29 is 9.47 Å². The van der Waals surface area contributed by atoms with Gasteiger partial charge in [0.2, 0.25) is 0 Å². The lowest BCUT2D eigenvalue weighted by Crippen LogP contribution is -2.61. The summed E-state index contributed by atoms with van der Waals surface area (Å²) in [6.07, 6.45) is 0.822. The second-order valence-electron chi connectivity index (χ2n) is 26.1. The Hall–Kier alpha value is -8.32. The highest BCUT2D eigenvalue weighted by Gasteiger charge is 2.45. The summed E-state index contributed by atoms with van der Waals surface area (Å²) in [6, 6.07) is 76.5. The van der Waals surface area contributed by atoms with E-state index in [1.54, 1.807) is 0 Å². The van der Waals surface area contributed by atoms with Crippen molar-refractivity contribution >= 4 is 88.7 Å². The monoisotopic (exact) mass is 1080 g/mol. The molecule has 0 atom stereocenters. The summed E-state index contributed by atoms with van der Waals surface area (Å²) in [5.41, 5.74) is 25.1. The third kappa shape index (κ3) is 8.98. The molecule has 0 bridgehead atoms. The van der Waals surface area contributed by atoms with Crippen molar-refractivity contribution in [3.8, 4) is 56.0 Å². The topological polar surface area (TPSA) is 24.9 Å². The molecule has 14 rings (SSSR count). The van der Waals surface area contributed by atoms with Gasteiger partial charge in [-0.1, -0.05) is 196 Å². The van der Waals surface area contributed by atoms with E-state index in [4.69, 9.17) is 9.47 Å². The molecule has 404 valence electrons. The van der Waals surface area contributed by atoms with Crippen molar-refractivity contribution in [3.05, 3.63) is 222 Å². The van der Waals surface area contributed by atoms with Gasteiger partial charge in [-0.05, 0) is 161 Å². The molecule has 0 amide bonds. The first-order valence-corrected chi connectivity index (χ1v) is 30.1. The fourth-order valence-corrected chi connectivity index (χ4v) is 14.0. The van der Waals surface area contributed by atoms with Crippen molar-refractivity contribution in [3.63, 3.8) is 0 Å². The van der Waals surface area contributed by atoms with Crippen LogP contribution in [-0.4, -0.2) is 19.9 Å². The van der Waals surface area contributed by atoms with E-state index in [9.17, 15) is 0 Å². The zero-order valence-electron chi connectivity index (χ0n) is 48.9. The SMILES string of the molecule is Cc1cc2c3c(c1)N(c1cc4c(cc1-c1ccccc1)OCCCO4)c1ccc(C(C)(C)C)cc1B3c1cc(-c3ccc4c(c3)sc3ccccc34)ccc1N2c1cc(-c2ccc(C(C)(C)C)cc2)cc(-c2ccc(C(C)(C)C)cc2)c1. The normalized spacial score (nSPS) is 14.0. The molecule has 0 unspecified atom stereocenters. The summed E-state index contributed by atoms with van der Waals surface area (Å²) in [5, 5.41) is 2.62. The van der Waals surface area contributed by atoms with E-state index in [1.165, 1.54) is 104 Å². The number of thiophene rings is 1. The van der Waals surface area contributed by atoms with Crippen LogP contribution in [0.2, 0.25) is 0 Å². The third-order valence-corrected chi connectivity index (χ3v) is 18.5. The third-order valence-electron chi connectivity index (χ3n) is 17.3. The van der Waals surface area contributed by atoms with Crippen molar-refractivity contribution in [2.75, 3.05) is 23.0 Å². The Balaban J connectivity index is 1.06. The van der Waals surface area contributed by atoms with E-state index in [1.807, 2.05) is 11.3 Å². The van der Waals surface area contributed by atoms with Gasteiger partial charge < -0.3 is 19.3 Å². The Morgan fingerprint density at radius 2 is 0.915 bits per heavy atom. The molecule has 4 heterocycles. The first-order valence-electron chi connectivity index (χ1n) is 29.2. The van der Waals surface area contributed by atoms with Crippen LogP contribution >= 0.6 is 11.3 Å². The van der Waals surface area contributed by atoms with Crippen molar-refractivity contribution in [2.45, 2.75) is 91.9 Å². The fraction of sp³-hybridized carbons (Fsp3) is 0.211. The van der Waals surface area contributed by atoms with Crippen LogP contribution < -0.4 is 35.7 Å². The van der Waals surface area contributed by atoms with Gasteiger partial charge in [0.15, 0.2) is 11.5 Å². The predicted octanol–water partition coefficient (Wildman–Crippen LogP) is 19.2. The summed E-state index contributed by atoms with van der Waals surface area (Å²) in [6.45, 7) is 24.1. The number of rotatable bonds is 6. The number of ether oxygens (including phenoxy) is 2. The van der Waals surface area contributed by atoms with Crippen molar-refractivity contribution in [2.24, 2.45) is 0 Å². The van der Waals surface area contributed by atoms with Gasteiger partial charge in [0.25, 0.3) is 6.71 Å². The number of hydrogen-bond donors (Lipinski definition) is 0. The van der Waals surface area contributed by atoms with Gasteiger partial charge in [-0.15, -0.1) is 11.3 Å². The lowest BCUT2D eigenvalue weighted by molar-refractivity contribution is 0.297. The molecule has 82 heavy (non-hydrogen) atoms. The highest BCUT2D eigenvalue weighted by atomic mass is 32.1. The van der Waals surface area contributed by atoms with Gasteiger partial charge in [0.1, 0.15) is 0 Å². The molecule has 6 heteroatoms. The molecule has 0 fully saturated rings. The lowest BCUT2D eigenvalue weighted by atomic mass is 9.33. The molecule has 0 saturated carbocycles. The number of hydrogen-bond acceptors (Lipinski definition) is 5. The van der Waals surface area contributed by atoms with Crippen LogP contribution in [0.1, 0.15) is 91.0 Å². The van der Waals surface area contributed by atoms with Crippen LogP contribution in [0.3, 0.4) is 0 Å². The smallest absolute Gasteiger partial charge is 0.252 e. The Morgan fingerprint density at radius 3 is 1.57 bits per heavy atom. The lowest BCUT2D eigenvalue weighted by Gasteiger charge is -2.45. The van der Waals surface area contributed by atoms with Gasteiger partial charge in [-0.3, -0.25) is 0 Å². The van der Waals surface area contributed by atoms with E-state index < -0.39 is 0 Å². The summed E-state index contributed by atoms with van der Waals surface area (Å²) in [7, 11) is 0. The quantitative estimate of drug-likeness (QED) is 0.155. The van der Waals surface area contributed by atoms with Crippen molar-refractivity contribution in [1.82, 2.24) is 0 Å². The molecular formula is C76H69BN2O2S. The van der Waals surface area contributed by atoms with Crippen LogP contribution in [0.5, 0.6) is 11.5 Å². The Kier molecular flexibility index (Phi) is 12.3. The summed E-state index contributed by atoms with van der Waals surface area (Å²) in [4.78, 5) is 5.15. The van der Waals surface area contributed by atoms with Crippen LogP contribution in [0.25, 0.3) is 64.7 Å². The highest BCUT2D eigenvalue weighted by molar-refractivity contribution is 7.25. The van der Waals surface area contributed by atoms with E-state index in [0.29, 0.717) is 13.2 Å². The van der Waals surface area contributed by atoms with Crippen LogP contribution in [0, 0.1) is 6.92 Å². The maximum atomic E-state index is 6.61. The second-order valence-corrected chi connectivity index (χ2v) is 27.2. The molecule has 3 aliphatic rings. The van der Waals surface area contributed by atoms with Crippen LogP contribution in [-0.2, 0) is 16.2 Å². The zero-order chi connectivity index (χ0) is 56.4. The first kappa shape index (κ1) is 51.8. The Labute approximate surface area is 488 Å². The average Bonchev–Trinajstić information content (AvgIpc) is 1.82. The zero-order valence-corrected chi connectivity index (χ0v) is 49.7. The summed E-state index contributed by atoms with van der Waals surface area (Å²) >= 11 is 1.88. The van der Waals surface area contributed by atoms with E-state index >= 15 is 0 Å². The average molecular weight is 1090 g/mol. The number of benzene rings is 10. The maximum Gasteiger partial charge on any atom is 0.252 e.